The van der Waals surface area contributed by atoms with Crippen molar-refractivity contribution in [3.05, 3.63) is 0 Å². The van der Waals surface area contributed by atoms with Crippen LogP contribution in [0.4, 0.5) is 0 Å². The van der Waals surface area contributed by atoms with Gasteiger partial charge in [0.05, 0.1) is 6.04 Å². The van der Waals surface area contributed by atoms with E-state index in [-0.39, 0.29) is 11.9 Å². The van der Waals surface area contributed by atoms with Crippen LogP contribution in [0.25, 0.3) is 0 Å². The first kappa shape index (κ1) is 10.9. The molecule has 0 bridgehead atoms. The van der Waals surface area contributed by atoms with Gasteiger partial charge in [-0.2, -0.15) is 0 Å². The van der Waals surface area contributed by atoms with E-state index in [4.69, 9.17) is 0 Å². The molecule has 1 saturated heterocycles. The fourth-order valence-corrected chi connectivity index (χ4v) is 2.09. The molecule has 2 rings (SSSR count). The lowest BCUT2D eigenvalue weighted by atomic mass is 10.1. The van der Waals surface area contributed by atoms with Crippen LogP contribution in [0.1, 0.15) is 39.5 Å². The molecule has 0 spiro atoms. The van der Waals surface area contributed by atoms with Gasteiger partial charge in [-0.1, -0.05) is 6.92 Å². The number of hydrogen-bond acceptors (Lipinski definition) is 2. The molecule has 1 saturated carbocycles. The molecule has 0 aromatic carbocycles. The standard InChI is InChI=1S/C12H22N2O/c1-10(13-9-12(2)5-6-12)11(15)14-7-3-4-8-14/h10,13H,3-9H2,1-2H3. The second-order valence-corrected chi connectivity index (χ2v) is 5.45. The third-order valence-electron chi connectivity index (χ3n) is 3.73. The summed E-state index contributed by atoms with van der Waals surface area (Å²) in [5.41, 5.74) is 0.486. The van der Waals surface area contributed by atoms with Gasteiger partial charge in [-0.3, -0.25) is 4.79 Å². The molecule has 1 aliphatic heterocycles. The average molecular weight is 210 g/mol. The Hall–Kier alpha value is -0.570. The monoisotopic (exact) mass is 210 g/mol. The Kier molecular flexibility index (Phi) is 3.01. The Morgan fingerprint density at radius 3 is 2.53 bits per heavy atom. The highest BCUT2D eigenvalue weighted by atomic mass is 16.2. The largest absolute Gasteiger partial charge is 0.341 e. The van der Waals surface area contributed by atoms with Gasteiger partial charge in [0.2, 0.25) is 5.91 Å². The van der Waals surface area contributed by atoms with Crippen LogP contribution in [0.5, 0.6) is 0 Å². The Morgan fingerprint density at radius 2 is 2.00 bits per heavy atom. The van der Waals surface area contributed by atoms with E-state index in [1.54, 1.807) is 0 Å². The Morgan fingerprint density at radius 1 is 1.40 bits per heavy atom. The van der Waals surface area contributed by atoms with Crippen molar-refractivity contribution in [2.45, 2.75) is 45.6 Å². The van der Waals surface area contributed by atoms with Gasteiger partial charge in [0, 0.05) is 19.6 Å². The smallest absolute Gasteiger partial charge is 0.239 e. The summed E-state index contributed by atoms with van der Waals surface area (Å²) in [6, 6.07) is 0.000486. The fraction of sp³-hybridized carbons (Fsp3) is 0.917. The van der Waals surface area contributed by atoms with Crippen molar-refractivity contribution >= 4 is 5.91 Å². The van der Waals surface area contributed by atoms with Gasteiger partial charge in [0.15, 0.2) is 0 Å². The minimum absolute atomic E-state index is 0.000486. The van der Waals surface area contributed by atoms with Crippen LogP contribution in [0.3, 0.4) is 0 Å². The van der Waals surface area contributed by atoms with Gasteiger partial charge in [-0.25, -0.2) is 0 Å². The normalized spacial score (nSPS) is 25.3. The van der Waals surface area contributed by atoms with Gasteiger partial charge in [-0.05, 0) is 38.0 Å². The molecule has 1 amide bonds. The number of nitrogens with zero attached hydrogens (tertiary/aromatic N) is 1. The summed E-state index contributed by atoms with van der Waals surface area (Å²) in [6.45, 7) is 7.19. The highest BCUT2D eigenvalue weighted by molar-refractivity contribution is 5.81. The van der Waals surface area contributed by atoms with E-state index >= 15 is 0 Å². The molecule has 0 radical (unpaired) electrons. The lowest BCUT2D eigenvalue weighted by molar-refractivity contribution is -0.132. The van der Waals surface area contributed by atoms with Gasteiger partial charge in [0.25, 0.3) is 0 Å². The molecule has 1 atom stereocenters. The number of carbonyl (C=O) groups is 1. The quantitative estimate of drug-likeness (QED) is 0.760. The molecule has 3 heteroatoms. The molecular weight excluding hydrogens is 188 g/mol. The van der Waals surface area contributed by atoms with Crippen molar-refractivity contribution in [1.29, 1.82) is 0 Å². The molecule has 1 heterocycles. The predicted octanol–water partition coefficient (Wildman–Crippen LogP) is 1.39. The molecule has 1 unspecified atom stereocenters. The first-order valence-corrected chi connectivity index (χ1v) is 6.13. The van der Waals surface area contributed by atoms with Crippen LogP contribution in [0, 0.1) is 5.41 Å². The maximum Gasteiger partial charge on any atom is 0.239 e. The van der Waals surface area contributed by atoms with E-state index in [0.717, 1.165) is 19.6 Å². The number of carbonyl (C=O) groups excluding carboxylic acids is 1. The van der Waals surface area contributed by atoms with E-state index in [2.05, 4.69) is 12.2 Å². The number of amides is 1. The van der Waals surface area contributed by atoms with Crippen molar-refractivity contribution in [3.8, 4) is 0 Å². The second kappa shape index (κ2) is 4.12. The third-order valence-corrected chi connectivity index (χ3v) is 3.73. The minimum atomic E-state index is 0.000486. The van der Waals surface area contributed by atoms with Gasteiger partial charge in [0.1, 0.15) is 0 Å². The summed E-state index contributed by atoms with van der Waals surface area (Å²) in [6.07, 6.45) is 4.97. The number of likely N-dealkylation sites (tertiary alicyclic amines) is 1. The highest BCUT2D eigenvalue weighted by Crippen LogP contribution is 2.44. The number of rotatable bonds is 4. The molecule has 0 aromatic rings. The summed E-state index contributed by atoms with van der Waals surface area (Å²) >= 11 is 0. The number of hydrogen-bond donors (Lipinski definition) is 1. The van der Waals surface area contributed by atoms with Crippen LogP contribution in [0.15, 0.2) is 0 Å². The van der Waals surface area contributed by atoms with E-state index in [0.29, 0.717) is 5.41 Å². The van der Waals surface area contributed by atoms with Crippen LogP contribution in [-0.4, -0.2) is 36.5 Å². The summed E-state index contributed by atoms with van der Waals surface area (Å²) in [5.74, 6) is 0.289. The third kappa shape index (κ3) is 2.71. The topological polar surface area (TPSA) is 32.3 Å². The second-order valence-electron chi connectivity index (χ2n) is 5.45. The van der Waals surface area contributed by atoms with Crippen molar-refractivity contribution in [2.24, 2.45) is 5.41 Å². The zero-order chi connectivity index (χ0) is 10.9. The van der Waals surface area contributed by atoms with E-state index in [9.17, 15) is 4.79 Å². The summed E-state index contributed by atoms with van der Waals surface area (Å²) in [7, 11) is 0. The lowest BCUT2D eigenvalue weighted by Crippen LogP contribution is -2.45. The van der Waals surface area contributed by atoms with Crippen LogP contribution < -0.4 is 5.32 Å². The van der Waals surface area contributed by atoms with Gasteiger partial charge < -0.3 is 10.2 Å². The van der Waals surface area contributed by atoms with E-state index in [1.807, 2.05) is 11.8 Å². The summed E-state index contributed by atoms with van der Waals surface area (Å²) < 4.78 is 0. The number of nitrogens with one attached hydrogen (secondary N) is 1. The zero-order valence-corrected chi connectivity index (χ0v) is 9.88. The Bertz CT molecular complexity index is 242. The van der Waals surface area contributed by atoms with Gasteiger partial charge >= 0.3 is 0 Å². The molecule has 0 aromatic heterocycles. The summed E-state index contributed by atoms with van der Waals surface area (Å²) in [4.78, 5) is 13.9. The van der Waals surface area contributed by atoms with Crippen molar-refractivity contribution < 1.29 is 4.79 Å². The first-order chi connectivity index (χ1) is 7.11. The molecule has 1 N–H and O–H groups in total. The summed E-state index contributed by atoms with van der Waals surface area (Å²) in [5, 5.41) is 3.37. The lowest BCUT2D eigenvalue weighted by Gasteiger charge is -2.22. The van der Waals surface area contributed by atoms with Gasteiger partial charge in [-0.15, -0.1) is 0 Å². The predicted molar refractivity (Wildman–Crippen MR) is 60.6 cm³/mol. The maximum absolute atomic E-state index is 11.9. The fourth-order valence-electron chi connectivity index (χ4n) is 2.09. The van der Waals surface area contributed by atoms with Crippen LogP contribution in [-0.2, 0) is 4.79 Å². The SMILES string of the molecule is CC(NCC1(C)CC1)C(=O)N1CCCC1. The molecule has 3 nitrogen and oxygen atoms in total. The molecule has 15 heavy (non-hydrogen) atoms. The molecule has 2 aliphatic rings. The molecular formula is C12H22N2O. The average Bonchev–Trinajstić information content (AvgIpc) is 2.77. The van der Waals surface area contributed by atoms with E-state index in [1.165, 1.54) is 25.7 Å². The molecule has 2 fully saturated rings. The Balaban J connectivity index is 1.74. The van der Waals surface area contributed by atoms with Crippen molar-refractivity contribution in [3.63, 3.8) is 0 Å². The zero-order valence-electron chi connectivity index (χ0n) is 9.88. The van der Waals surface area contributed by atoms with Crippen molar-refractivity contribution in [1.82, 2.24) is 10.2 Å². The van der Waals surface area contributed by atoms with Crippen LogP contribution >= 0.6 is 0 Å². The maximum atomic E-state index is 11.9. The molecule has 86 valence electrons. The molecule has 1 aliphatic carbocycles. The first-order valence-electron chi connectivity index (χ1n) is 6.13. The van der Waals surface area contributed by atoms with E-state index < -0.39 is 0 Å². The van der Waals surface area contributed by atoms with Crippen molar-refractivity contribution in [2.75, 3.05) is 19.6 Å². The Labute approximate surface area is 92.2 Å². The minimum Gasteiger partial charge on any atom is -0.341 e. The van der Waals surface area contributed by atoms with Crippen LogP contribution in [0.2, 0.25) is 0 Å². The highest BCUT2D eigenvalue weighted by Gasteiger charge is 2.37.